The average Bonchev–Trinajstić information content (AvgIpc) is 2.41. The van der Waals surface area contributed by atoms with Crippen LogP contribution in [0, 0.1) is 0 Å². The lowest BCUT2D eigenvalue weighted by Gasteiger charge is -2.27. The predicted molar refractivity (Wildman–Crippen MR) is 68.3 cm³/mol. The Morgan fingerprint density at radius 1 is 1.12 bits per heavy atom. The van der Waals surface area contributed by atoms with Gasteiger partial charge in [-0.3, -0.25) is 4.90 Å². The minimum absolute atomic E-state index is 0.465. The van der Waals surface area contributed by atoms with E-state index in [0.29, 0.717) is 6.10 Å². The number of morpholine rings is 1. The maximum Gasteiger partial charge on any atom is 0.0699 e. The highest BCUT2D eigenvalue weighted by molar-refractivity contribution is 4.67. The zero-order valence-corrected chi connectivity index (χ0v) is 10.8. The third-order valence-electron chi connectivity index (χ3n) is 3.58. The van der Waals surface area contributed by atoms with Gasteiger partial charge in [-0.05, 0) is 38.8 Å². The largest absolute Gasteiger partial charge is 0.379 e. The predicted octanol–water partition coefficient (Wildman–Crippen LogP) is 0.867. The molecule has 2 fully saturated rings. The van der Waals surface area contributed by atoms with Crippen molar-refractivity contribution in [2.75, 3.05) is 52.5 Å². The van der Waals surface area contributed by atoms with Gasteiger partial charge in [-0.15, -0.1) is 0 Å². The molecule has 0 spiro atoms. The standard InChI is InChI=1S/C13H26N2O2/c1-2-9-17-13(4-1)12-14-5-3-6-15-7-10-16-11-8-15/h13-14H,1-12H2. The van der Waals surface area contributed by atoms with E-state index in [1.807, 2.05) is 0 Å². The molecule has 100 valence electrons. The summed E-state index contributed by atoms with van der Waals surface area (Å²) < 4.78 is 11.0. The van der Waals surface area contributed by atoms with Gasteiger partial charge >= 0.3 is 0 Å². The Labute approximate surface area is 105 Å². The van der Waals surface area contributed by atoms with Crippen LogP contribution in [-0.2, 0) is 9.47 Å². The molecule has 2 aliphatic heterocycles. The highest BCUT2D eigenvalue weighted by Crippen LogP contribution is 2.11. The van der Waals surface area contributed by atoms with Crippen molar-refractivity contribution < 1.29 is 9.47 Å². The molecule has 2 aliphatic rings. The number of nitrogens with one attached hydrogen (secondary N) is 1. The number of hydrogen-bond acceptors (Lipinski definition) is 4. The van der Waals surface area contributed by atoms with Crippen molar-refractivity contribution in [3.63, 3.8) is 0 Å². The van der Waals surface area contributed by atoms with E-state index >= 15 is 0 Å². The number of rotatable bonds is 6. The zero-order valence-electron chi connectivity index (χ0n) is 10.8. The van der Waals surface area contributed by atoms with Crippen molar-refractivity contribution in [1.29, 1.82) is 0 Å². The Morgan fingerprint density at radius 2 is 2.00 bits per heavy atom. The first kappa shape index (κ1) is 13.3. The molecule has 1 unspecified atom stereocenters. The molecular weight excluding hydrogens is 216 g/mol. The van der Waals surface area contributed by atoms with Crippen LogP contribution < -0.4 is 5.32 Å². The summed E-state index contributed by atoms with van der Waals surface area (Å²) in [5, 5.41) is 3.51. The van der Waals surface area contributed by atoms with Crippen LogP contribution >= 0.6 is 0 Å². The number of hydrogen-bond donors (Lipinski definition) is 1. The van der Waals surface area contributed by atoms with Crippen LogP contribution in [0.25, 0.3) is 0 Å². The molecule has 2 heterocycles. The Morgan fingerprint density at radius 3 is 2.76 bits per heavy atom. The lowest BCUT2D eigenvalue weighted by molar-refractivity contribution is 0.0165. The van der Waals surface area contributed by atoms with Crippen LogP contribution in [0.3, 0.4) is 0 Å². The fourth-order valence-electron chi connectivity index (χ4n) is 2.48. The molecule has 0 aromatic carbocycles. The highest BCUT2D eigenvalue weighted by atomic mass is 16.5. The normalized spacial score (nSPS) is 27.2. The molecule has 2 rings (SSSR count). The summed E-state index contributed by atoms with van der Waals surface area (Å²) in [7, 11) is 0. The van der Waals surface area contributed by atoms with E-state index in [2.05, 4.69) is 10.2 Å². The summed E-state index contributed by atoms with van der Waals surface area (Å²) >= 11 is 0. The smallest absolute Gasteiger partial charge is 0.0699 e. The van der Waals surface area contributed by atoms with Crippen molar-refractivity contribution in [2.45, 2.75) is 31.8 Å². The fourth-order valence-corrected chi connectivity index (χ4v) is 2.48. The van der Waals surface area contributed by atoms with Crippen molar-refractivity contribution in [3.8, 4) is 0 Å². The first-order valence-corrected chi connectivity index (χ1v) is 7.07. The van der Waals surface area contributed by atoms with Gasteiger partial charge in [-0.1, -0.05) is 0 Å². The second kappa shape index (κ2) is 8.03. The first-order chi connectivity index (χ1) is 8.45. The van der Waals surface area contributed by atoms with Crippen molar-refractivity contribution in [3.05, 3.63) is 0 Å². The summed E-state index contributed by atoms with van der Waals surface area (Å²) in [5.74, 6) is 0. The highest BCUT2D eigenvalue weighted by Gasteiger charge is 2.13. The molecule has 0 bridgehead atoms. The van der Waals surface area contributed by atoms with Crippen LogP contribution in [-0.4, -0.2) is 63.5 Å². The Bertz CT molecular complexity index is 170. The molecule has 0 radical (unpaired) electrons. The van der Waals surface area contributed by atoms with E-state index in [1.165, 1.54) is 32.2 Å². The third kappa shape index (κ3) is 5.34. The lowest BCUT2D eigenvalue weighted by Crippen LogP contribution is -2.38. The van der Waals surface area contributed by atoms with Gasteiger partial charge in [0.25, 0.3) is 0 Å². The van der Waals surface area contributed by atoms with Gasteiger partial charge in [0.15, 0.2) is 0 Å². The summed E-state index contributed by atoms with van der Waals surface area (Å²) in [6, 6.07) is 0. The minimum atomic E-state index is 0.465. The van der Waals surface area contributed by atoms with Gasteiger partial charge < -0.3 is 14.8 Å². The minimum Gasteiger partial charge on any atom is -0.379 e. The Kier molecular flexibility index (Phi) is 6.27. The van der Waals surface area contributed by atoms with Crippen LogP contribution in [0.5, 0.6) is 0 Å². The van der Waals surface area contributed by atoms with E-state index in [1.54, 1.807) is 0 Å². The Balaban J connectivity index is 1.42. The van der Waals surface area contributed by atoms with Gasteiger partial charge in [-0.25, -0.2) is 0 Å². The second-order valence-electron chi connectivity index (χ2n) is 5.00. The Hall–Kier alpha value is -0.160. The number of nitrogens with zero attached hydrogens (tertiary/aromatic N) is 1. The molecule has 0 amide bonds. The summed E-state index contributed by atoms with van der Waals surface area (Å²) in [4.78, 5) is 2.49. The first-order valence-electron chi connectivity index (χ1n) is 7.07. The maximum atomic E-state index is 5.69. The summed E-state index contributed by atoms with van der Waals surface area (Å²) in [6.07, 6.45) is 5.50. The molecule has 17 heavy (non-hydrogen) atoms. The summed E-state index contributed by atoms with van der Waals surface area (Å²) in [5.41, 5.74) is 0. The van der Waals surface area contributed by atoms with Crippen molar-refractivity contribution in [2.24, 2.45) is 0 Å². The molecule has 4 heteroatoms. The third-order valence-corrected chi connectivity index (χ3v) is 3.58. The molecule has 4 nitrogen and oxygen atoms in total. The molecule has 0 aliphatic carbocycles. The zero-order chi connectivity index (χ0) is 11.8. The van der Waals surface area contributed by atoms with E-state index in [4.69, 9.17) is 9.47 Å². The summed E-state index contributed by atoms with van der Waals surface area (Å²) in [6.45, 7) is 8.31. The van der Waals surface area contributed by atoms with Gasteiger partial charge in [0, 0.05) is 26.2 Å². The molecule has 2 saturated heterocycles. The van der Waals surface area contributed by atoms with Crippen molar-refractivity contribution in [1.82, 2.24) is 10.2 Å². The van der Waals surface area contributed by atoms with Crippen LogP contribution in [0.15, 0.2) is 0 Å². The quantitative estimate of drug-likeness (QED) is 0.701. The number of ether oxygens (including phenoxy) is 2. The second-order valence-corrected chi connectivity index (χ2v) is 5.00. The monoisotopic (exact) mass is 242 g/mol. The fraction of sp³-hybridized carbons (Fsp3) is 1.00. The topological polar surface area (TPSA) is 33.7 Å². The molecule has 0 aromatic rings. The van der Waals surface area contributed by atoms with Crippen molar-refractivity contribution >= 4 is 0 Å². The molecule has 1 atom stereocenters. The SMILES string of the molecule is C1CCC(CNCCCN2CCOCC2)OC1. The van der Waals surface area contributed by atoms with E-state index in [0.717, 1.165) is 46.0 Å². The molecule has 1 N–H and O–H groups in total. The van der Waals surface area contributed by atoms with Gasteiger partial charge in [-0.2, -0.15) is 0 Å². The van der Waals surface area contributed by atoms with Gasteiger partial charge in [0.2, 0.25) is 0 Å². The van der Waals surface area contributed by atoms with Gasteiger partial charge in [0.05, 0.1) is 19.3 Å². The molecule has 0 saturated carbocycles. The van der Waals surface area contributed by atoms with Gasteiger partial charge in [0.1, 0.15) is 0 Å². The molecular formula is C13H26N2O2. The lowest BCUT2D eigenvalue weighted by atomic mass is 10.1. The molecule has 0 aromatic heterocycles. The van der Waals surface area contributed by atoms with Crippen LogP contribution in [0.4, 0.5) is 0 Å². The van der Waals surface area contributed by atoms with Crippen LogP contribution in [0.2, 0.25) is 0 Å². The van der Waals surface area contributed by atoms with E-state index < -0.39 is 0 Å². The van der Waals surface area contributed by atoms with E-state index in [9.17, 15) is 0 Å². The van der Waals surface area contributed by atoms with E-state index in [-0.39, 0.29) is 0 Å². The average molecular weight is 242 g/mol. The van der Waals surface area contributed by atoms with Crippen LogP contribution in [0.1, 0.15) is 25.7 Å². The maximum absolute atomic E-state index is 5.69.